The second-order valence-corrected chi connectivity index (χ2v) is 8.36. The van der Waals surface area contributed by atoms with E-state index in [2.05, 4.69) is 0 Å². The van der Waals surface area contributed by atoms with Gasteiger partial charge in [-0.2, -0.15) is 0 Å². The van der Waals surface area contributed by atoms with E-state index in [-0.39, 0.29) is 5.12 Å². The molecule has 1 heterocycles. The maximum absolute atomic E-state index is 11.4. The number of rotatable bonds is 4. The van der Waals surface area contributed by atoms with E-state index in [0.717, 1.165) is 22.3 Å². The van der Waals surface area contributed by atoms with Crippen LogP contribution in [0.25, 0.3) is 6.08 Å². The Kier molecular flexibility index (Phi) is 5.52. The fraction of sp³-hybridized carbons (Fsp3) is 0.500. The van der Waals surface area contributed by atoms with Crippen molar-refractivity contribution in [2.75, 3.05) is 11.5 Å². The fourth-order valence-electron chi connectivity index (χ4n) is 2.36. The Morgan fingerprint density at radius 2 is 1.83 bits per heavy atom. The number of hydrogen-bond donors (Lipinski definition) is 1. The third-order valence-electron chi connectivity index (χ3n) is 4.64. The Morgan fingerprint density at radius 3 is 2.33 bits per heavy atom. The lowest BCUT2D eigenvalue weighted by Gasteiger charge is -2.32. The minimum atomic E-state index is -0.459. The molecule has 0 saturated carbocycles. The zero-order valence-corrected chi connectivity index (χ0v) is 16.1. The van der Waals surface area contributed by atoms with Gasteiger partial charge < -0.3 is 15.0 Å². The monoisotopic (exact) mass is 347 g/mol. The molecule has 4 nitrogen and oxygen atoms in total. The highest BCUT2D eigenvalue weighted by Crippen LogP contribution is 2.39. The van der Waals surface area contributed by atoms with Gasteiger partial charge >= 0.3 is 7.12 Å². The molecule has 1 aliphatic rings. The van der Waals surface area contributed by atoms with Gasteiger partial charge in [0.25, 0.3) is 0 Å². The van der Waals surface area contributed by atoms with Gasteiger partial charge in [0.1, 0.15) is 0 Å². The summed E-state index contributed by atoms with van der Waals surface area (Å²) in [6.07, 6.45) is 2.03. The van der Waals surface area contributed by atoms with Crippen LogP contribution in [-0.4, -0.2) is 29.2 Å². The molecule has 1 saturated heterocycles. The van der Waals surface area contributed by atoms with Crippen LogP contribution in [0.15, 0.2) is 23.7 Å². The SMILES string of the molecule is CC(=O)SCC(=Cc1ccc(N)c(C)c1)B1OC(C)(C)C(C)(C)O1. The Morgan fingerprint density at radius 1 is 1.25 bits per heavy atom. The number of carbonyl (C=O) groups excluding carboxylic acids is 1. The Hall–Kier alpha value is -1.24. The van der Waals surface area contributed by atoms with Crippen molar-refractivity contribution in [3.63, 3.8) is 0 Å². The number of hydrogen-bond acceptors (Lipinski definition) is 5. The average Bonchev–Trinajstić information content (AvgIpc) is 2.67. The standard InChI is InChI=1S/C18H26BNO3S/c1-12-9-14(7-8-16(12)20)10-15(11-24-13(2)21)19-22-17(3,4)18(5,6)23-19/h7-10H,11,20H2,1-6H3. The molecular weight excluding hydrogens is 321 g/mol. The predicted octanol–water partition coefficient (Wildman–Crippen LogP) is 3.87. The van der Waals surface area contributed by atoms with Crippen LogP contribution in [0.5, 0.6) is 0 Å². The normalized spacial score (nSPS) is 19.6. The summed E-state index contributed by atoms with van der Waals surface area (Å²) in [5.74, 6) is 0.537. The lowest BCUT2D eigenvalue weighted by atomic mass is 9.78. The molecule has 24 heavy (non-hydrogen) atoms. The summed E-state index contributed by atoms with van der Waals surface area (Å²) in [6.45, 7) is 11.6. The highest BCUT2D eigenvalue weighted by Gasteiger charge is 2.52. The van der Waals surface area contributed by atoms with Gasteiger partial charge in [-0.05, 0) is 57.3 Å². The summed E-state index contributed by atoms with van der Waals surface area (Å²) in [5.41, 5.74) is 8.83. The first-order valence-corrected chi connectivity index (χ1v) is 9.06. The van der Waals surface area contributed by atoms with Gasteiger partial charge in [-0.25, -0.2) is 0 Å². The van der Waals surface area contributed by atoms with Crippen molar-refractivity contribution in [1.82, 2.24) is 0 Å². The lowest BCUT2D eigenvalue weighted by Crippen LogP contribution is -2.41. The highest BCUT2D eigenvalue weighted by atomic mass is 32.2. The van der Waals surface area contributed by atoms with E-state index < -0.39 is 18.3 Å². The van der Waals surface area contributed by atoms with Gasteiger partial charge in [0, 0.05) is 18.4 Å². The molecule has 2 rings (SSSR count). The number of nitrogens with two attached hydrogens (primary N) is 1. The van der Waals surface area contributed by atoms with Gasteiger partial charge in [0.05, 0.1) is 11.2 Å². The van der Waals surface area contributed by atoms with Gasteiger partial charge in [-0.1, -0.05) is 30.0 Å². The van der Waals surface area contributed by atoms with Crippen LogP contribution in [0.1, 0.15) is 45.7 Å². The van der Waals surface area contributed by atoms with Crippen LogP contribution in [0.2, 0.25) is 0 Å². The largest absolute Gasteiger partial charge is 0.491 e. The van der Waals surface area contributed by atoms with Crippen molar-refractivity contribution in [3.8, 4) is 0 Å². The number of thioether (sulfide) groups is 1. The second kappa shape index (κ2) is 6.94. The van der Waals surface area contributed by atoms with Gasteiger partial charge in [-0.3, -0.25) is 4.79 Å². The first kappa shape index (κ1) is 19.1. The van der Waals surface area contributed by atoms with Gasteiger partial charge in [-0.15, -0.1) is 0 Å². The van der Waals surface area contributed by atoms with E-state index in [1.807, 2.05) is 58.9 Å². The van der Waals surface area contributed by atoms with Crippen molar-refractivity contribution in [3.05, 3.63) is 34.8 Å². The summed E-state index contributed by atoms with van der Waals surface area (Å²) < 4.78 is 12.3. The summed E-state index contributed by atoms with van der Waals surface area (Å²) in [7, 11) is -0.459. The van der Waals surface area contributed by atoms with Crippen molar-refractivity contribution in [1.29, 1.82) is 0 Å². The van der Waals surface area contributed by atoms with Crippen LogP contribution in [0, 0.1) is 6.92 Å². The first-order chi connectivity index (χ1) is 11.0. The number of carbonyl (C=O) groups is 1. The molecule has 1 fully saturated rings. The Bertz CT molecular complexity index is 654. The van der Waals surface area contributed by atoms with Crippen molar-refractivity contribution in [2.45, 2.75) is 52.7 Å². The van der Waals surface area contributed by atoms with Crippen molar-refractivity contribution >= 4 is 35.8 Å². The zero-order valence-electron chi connectivity index (χ0n) is 15.3. The van der Waals surface area contributed by atoms with Crippen molar-refractivity contribution < 1.29 is 14.1 Å². The molecule has 0 spiro atoms. The number of benzene rings is 1. The summed E-state index contributed by atoms with van der Waals surface area (Å²) in [4.78, 5) is 11.4. The molecule has 0 amide bonds. The molecule has 0 aromatic heterocycles. The molecular formula is C18H26BNO3S. The summed E-state index contributed by atoms with van der Waals surface area (Å²) >= 11 is 1.26. The van der Waals surface area contributed by atoms with Crippen LogP contribution >= 0.6 is 11.8 Å². The van der Waals surface area contributed by atoms with Crippen LogP contribution in [-0.2, 0) is 14.1 Å². The molecule has 6 heteroatoms. The van der Waals surface area contributed by atoms with Crippen LogP contribution in [0.3, 0.4) is 0 Å². The van der Waals surface area contributed by atoms with Gasteiger partial charge in [0.15, 0.2) is 5.12 Å². The maximum Gasteiger partial charge on any atom is 0.491 e. The summed E-state index contributed by atoms with van der Waals surface area (Å²) in [5, 5.41) is 0.0749. The number of aryl methyl sites for hydroxylation is 1. The summed E-state index contributed by atoms with van der Waals surface area (Å²) in [6, 6.07) is 5.88. The van der Waals surface area contributed by atoms with Gasteiger partial charge in [0.2, 0.25) is 0 Å². The quantitative estimate of drug-likeness (QED) is 0.662. The molecule has 0 bridgehead atoms. The Labute approximate surface area is 149 Å². The smallest absolute Gasteiger partial charge is 0.400 e. The van der Waals surface area contributed by atoms with E-state index in [0.29, 0.717) is 5.75 Å². The first-order valence-electron chi connectivity index (χ1n) is 8.07. The maximum atomic E-state index is 11.4. The minimum Gasteiger partial charge on any atom is -0.400 e. The van der Waals surface area contributed by atoms with E-state index in [1.54, 1.807) is 6.92 Å². The molecule has 0 aliphatic carbocycles. The van der Waals surface area contributed by atoms with E-state index in [9.17, 15) is 4.79 Å². The third kappa shape index (κ3) is 4.24. The van der Waals surface area contributed by atoms with E-state index >= 15 is 0 Å². The average molecular weight is 347 g/mol. The zero-order chi connectivity index (χ0) is 18.1. The molecule has 1 aromatic rings. The minimum absolute atomic E-state index is 0.0749. The van der Waals surface area contributed by atoms with Crippen LogP contribution in [0.4, 0.5) is 5.69 Å². The van der Waals surface area contributed by atoms with E-state index in [4.69, 9.17) is 15.0 Å². The molecule has 130 valence electrons. The molecule has 1 aromatic carbocycles. The molecule has 2 N–H and O–H groups in total. The predicted molar refractivity (Wildman–Crippen MR) is 103 cm³/mol. The number of nitrogen functional groups attached to an aromatic ring is 1. The molecule has 1 aliphatic heterocycles. The number of anilines is 1. The fourth-order valence-corrected chi connectivity index (χ4v) is 2.95. The Balaban J connectivity index is 2.33. The van der Waals surface area contributed by atoms with Crippen LogP contribution < -0.4 is 5.73 Å². The van der Waals surface area contributed by atoms with E-state index in [1.165, 1.54) is 11.8 Å². The third-order valence-corrected chi connectivity index (χ3v) is 5.53. The molecule has 0 radical (unpaired) electrons. The molecule has 0 unspecified atom stereocenters. The van der Waals surface area contributed by atoms with Crippen molar-refractivity contribution in [2.24, 2.45) is 0 Å². The highest BCUT2D eigenvalue weighted by molar-refractivity contribution is 8.13. The molecule has 0 atom stereocenters. The lowest BCUT2D eigenvalue weighted by molar-refractivity contribution is -0.109. The topological polar surface area (TPSA) is 61.6 Å². The second-order valence-electron chi connectivity index (χ2n) is 7.20.